The van der Waals surface area contributed by atoms with E-state index in [4.69, 9.17) is 10.2 Å². The number of para-hydroxylation sites is 1. The van der Waals surface area contributed by atoms with E-state index in [-0.39, 0.29) is 24.4 Å². The van der Waals surface area contributed by atoms with E-state index in [2.05, 4.69) is 0 Å². The molecule has 1 amide bonds. The highest BCUT2D eigenvalue weighted by Gasteiger charge is 2.29. The highest BCUT2D eigenvalue weighted by molar-refractivity contribution is 6.06. The van der Waals surface area contributed by atoms with E-state index in [0.29, 0.717) is 12.1 Å². The Morgan fingerprint density at radius 1 is 1.42 bits per heavy atom. The van der Waals surface area contributed by atoms with Crippen molar-refractivity contribution in [2.75, 3.05) is 13.1 Å². The van der Waals surface area contributed by atoms with Crippen molar-refractivity contribution in [2.24, 2.45) is 5.73 Å². The minimum absolute atomic E-state index is 0. The predicted octanol–water partition coefficient (Wildman–Crippen LogP) is 2.42. The van der Waals surface area contributed by atoms with Crippen LogP contribution < -0.4 is 5.73 Å². The van der Waals surface area contributed by atoms with Crippen LogP contribution in [-0.4, -0.2) is 29.9 Å². The van der Waals surface area contributed by atoms with Crippen LogP contribution in [0.3, 0.4) is 0 Å². The summed E-state index contributed by atoms with van der Waals surface area (Å²) in [5.41, 5.74) is 7.11. The lowest BCUT2D eigenvalue weighted by molar-refractivity contribution is 0.0742. The fraction of sp³-hybridized carbons (Fsp3) is 0.357. The molecule has 2 aromatic rings. The molecule has 3 rings (SSSR count). The molecule has 1 atom stereocenters. The molecule has 1 saturated heterocycles. The Labute approximate surface area is 118 Å². The molecule has 4 nitrogen and oxygen atoms in total. The van der Waals surface area contributed by atoms with Gasteiger partial charge in [-0.15, -0.1) is 12.4 Å². The minimum Gasteiger partial charge on any atom is -0.463 e. The number of rotatable bonds is 2. The van der Waals surface area contributed by atoms with Crippen molar-refractivity contribution in [3.05, 3.63) is 36.1 Å². The number of likely N-dealkylation sites (tertiary alicyclic amines) is 1. The molecule has 102 valence electrons. The molecule has 0 aliphatic carbocycles. The van der Waals surface area contributed by atoms with E-state index in [1.54, 1.807) is 6.26 Å². The minimum atomic E-state index is 0. The number of halogens is 1. The van der Waals surface area contributed by atoms with Gasteiger partial charge in [-0.3, -0.25) is 4.79 Å². The molecular formula is C14H17ClN2O2. The Bertz CT molecular complexity index is 582. The van der Waals surface area contributed by atoms with Crippen molar-refractivity contribution in [2.45, 2.75) is 18.9 Å². The Hall–Kier alpha value is -1.52. The van der Waals surface area contributed by atoms with Gasteiger partial charge in [0, 0.05) is 24.5 Å². The Morgan fingerprint density at radius 3 is 3.00 bits per heavy atom. The maximum Gasteiger partial charge on any atom is 0.258 e. The average molecular weight is 281 g/mol. The summed E-state index contributed by atoms with van der Waals surface area (Å²) in [6.45, 7) is 1.32. The van der Waals surface area contributed by atoms with Crippen LogP contribution in [0, 0.1) is 0 Å². The highest BCUT2D eigenvalue weighted by atomic mass is 35.5. The molecule has 2 heterocycles. The zero-order valence-corrected chi connectivity index (χ0v) is 11.4. The molecule has 1 aliphatic rings. The molecule has 0 bridgehead atoms. The smallest absolute Gasteiger partial charge is 0.258 e. The van der Waals surface area contributed by atoms with Crippen molar-refractivity contribution < 1.29 is 9.21 Å². The van der Waals surface area contributed by atoms with Gasteiger partial charge in [-0.05, 0) is 18.9 Å². The van der Waals surface area contributed by atoms with Crippen molar-refractivity contribution in [1.82, 2.24) is 4.90 Å². The number of amides is 1. The van der Waals surface area contributed by atoms with Gasteiger partial charge in [0.25, 0.3) is 5.91 Å². The normalized spacial score (nSPS) is 18.6. The van der Waals surface area contributed by atoms with Crippen LogP contribution in [0.1, 0.15) is 23.2 Å². The number of benzene rings is 1. The largest absolute Gasteiger partial charge is 0.463 e. The molecular weight excluding hydrogens is 264 g/mol. The maximum atomic E-state index is 12.5. The van der Waals surface area contributed by atoms with Crippen LogP contribution in [-0.2, 0) is 0 Å². The lowest BCUT2D eigenvalue weighted by Gasteiger charge is -2.22. The van der Waals surface area contributed by atoms with Crippen LogP contribution in [0.25, 0.3) is 11.0 Å². The van der Waals surface area contributed by atoms with E-state index in [1.165, 1.54) is 0 Å². The zero-order chi connectivity index (χ0) is 12.5. The van der Waals surface area contributed by atoms with Crippen LogP contribution >= 0.6 is 12.4 Å². The van der Waals surface area contributed by atoms with Gasteiger partial charge in [0.15, 0.2) is 0 Å². The van der Waals surface area contributed by atoms with Crippen LogP contribution in [0.2, 0.25) is 0 Å². The van der Waals surface area contributed by atoms with Gasteiger partial charge in [-0.2, -0.15) is 0 Å². The SMILES string of the molecule is Cl.NCC1CCCN1C(=O)c1coc2ccccc12. The third kappa shape index (κ3) is 2.33. The summed E-state index contributed by atoms with van der Waals surface area (Å²) in [4.78, 5) is 14.4. The monoisotopic (exact) mass is 280 g/mol. The van der Waals surface area contributed by atoms with E-state index in [0.717, 1.165) is 30.4 Å². The van der Waals surface area contributed by atoms with Crippen LogP contribution in [0.5, 0.6) is 0 Å². The third-order valence-corrected chi connectivity index (χ3v) is 3.62. The second kappa shape index (κ2) is 5.63. The zero-order valence-electron chi connectivity index (χ0n) is 10.5. The quantitative estimate of drug-likeness (QED) is 0.919. The van der Waals surface area contributed by atoms with E-state index in [1.807, 2.05) is 29.2 Å². The van der Waals surface area contributed by atoms with Gasteiger partial charge < -0.3 is 15.1 Å². The topological polar surface area (TPSA) is 59.5 Å². The fourth-order valence-electron chi connectivity index (χ4n) is 2.65. The van der Waals surface area contributed by atoms with Crippen molar-refractivity contribution >= 4 is 29.3 Å². The molecule has 1 aliphatic heterocycles. The molecule has 1 fully saturated rings. The number of hydrogen-bond acceptors (Lipinski definition) is 3. The number of carbonyl (C=O) groups excluding carboxylic acids is 1. The average Bonchev–Trinajstić information content (AvgIpc) is 3.04. The molecule has 0 spiro atoms. The molecule has 1 aromatic heterocycles. The number of carbonyl (C=O) groups is 1. The Morgan fingerprint density at radius 2 is 2.21 bits per heavy atom. The summed E-state index contributed by atoms with van der Waals surface area (Å²) >= 11 is 0. The van der Waals surface area contributed by atoms with Gasteiger partial charge >= 0.3 is 0 Å². The number of furan rings is 1. The molecule has 0 radical (unpaired) electrons. The summed E-state index contributed by atoms with van der Waals surface area (Å²) in [6, 6.07) is 7.78. The summed E-state index contributed by atoms with van der Waals surface area (Å²) in [5.74, 6) is 0.0351. The summed E-state index contributed by atoms with van der Waals surface area (Å²) < 4.78 is 5.42. The standard InChI is InChI=1S/C14H16N2O2.ClH/c15-8-10-4-3-7-16(10)14(17)12-9-18-13-6-2-1-5-11(12)13;/h1-2,5-6,9-10H,3-4,7-8,15H2;1H. The van der Waals surface area contributed by atoms with Crippen LogP contribution in [0.15, 0.2) is 34.9 Å². The number of nitrogens with zero attached hydrogens (tertiary/aromatic N) is 1. The van der Waals surface area contributed by atoms with Crippen molar-refractivity contribution in [3.8, 4) is 0 Å². The first-order chi connectivity index (χ1) is 8.81. The summed E-state index contributed by atoms with van der Waals surface area (Å²) in [5, 5.41) is 0.880. The second-order valence-electron chi connectivity index (χ2n) is 4.68. The van der Waals surface area contributed by atoms with Gasteiger partial charge in [-0.25, -0.2) is 0 Å². The van der Waals surface area contributed by atoms with Gasteiger partial charge in [0.05, 0.1) is 5.56 Å². The molecule has 19 heavy (non-hydrogen) atoms. The molecule has 0 saturated carbocycles. The number of nitrogens with two attached hydrogens (primary N) is 1. The maximum absolute atomic E-state index is 12.5. The first-order valence-electron chi connectivity index (χ1n) is 6.28. The van der Waals surface area contributed by atoms with Gasteiger partial charge in [0.1, 0.15) is 11.8 Å². The first kappa shape index (κ1) is 13.9. The lowest BCUT2D eigenvalue weighted by Crippen LogP contribution is -2.39. The lowest BCUT2D eigenvalue weighted by atomic mass is 10.1. The molecule has 2 N–H and O–H groups in total. The molecule has 1 unspecified atom stereocenters. The van der Waals surface area contributed by atoms with Crippen molar-refractivity contribution in [1.29, 1.82) is 0 Å². The molecule has 5 heteroatoms. The van der Waals surface area contributed by atoms with E-state index < -0.39 is 0 Å². The second-order valence-corrected chi connectivity index (χ2v) is 4.68. The predicted molar refractivity (Wildman–Crippen MR) is 76.6 cm³/mol. The summed E-state index contributed by atoms with van der Waals surface area (Å²) in [7, 11) is 0. The Balaban J connectivity index is 0.00000133. The number of fused-ring (bicyclic) bond motifs is 1. The Kier molecular flexibility index (Phi) is 4.12. The van der Waals surface area contributed by atoms with Crippen LogP contribution in [0.4, 0.5) is 0 Å². The van der Waals surface area contributed by atoms with E-state index >= 15 is 0 Å². The van der Waals surface area contributed by atoms with E-state index in [9.17, 15) is 4.79 Å². The highest BCUT2D eigenvalue weighted by Crippen LogP contribution is 2.25. The fourth-order valence-corrected chi connectivity index (χ4v) is 2.65. The number of hydrogen-bond donors (Lipinski definition) is 1. The van der Waals surface area contributed by atoms with Crippen molar-refractivity contribution in [3.63, 3.8) is 0 Å². The summed E-state index contributed by atoms with van der Waals surface area (Å²) in [6.07, 6.45) is 3.58. The third-order valence-electron chi connectivity index (χ3n) is 3.62. The first-order valence-corrected chi connectivity index (χ1v) is 6.28. The molecule has 1 aromatic carbocycles. The van der Waals surface area contributed by atoms with Gasteiger partial charge in [0.2, 0.25) is 0 Å². The van der Waals surface area contributed by atoms with Gasteiger partial charge in [-0.1, -0.05) is 18.2 Å².